The number of fused-ring (bicyclic) bond motifs is 20. The van der Waals surface area contributed by atoms with Crippen LogP contribution in [0.2, 0.25) is 0 Å². The molecule has 0 amide bonds. The molecular formula is C64H96O4. The first-order valence-corrected chi connectivity index (χ1v) is 29.1. The average Bonchev–Trinajstić information content (AvgIpc) is 4.14. The summed E-state index contributed by atoms with van der Waals surface area (Å²) in [5.41, 5.74) is 2.80. The van der Waals surface area contributed by atoms with Crippen LogP contribution in [0.15, 0.2) is 49.6 Å². The van der Waals surface area contributed by atoms with Crippen molar-refractivity contribution in [1.29, 1.82) is 0 Å². The minimum Gasteiger partial charge on any atom is -0.295 e. The third kappa shape index (κ3) is 8.89. The van der Waals surface area contributed by atoms with Crippen molar-refractivity contribution in [2.45, 2.75) is 208 Å². The fourth-order valence-corrected chi connectivity index (χ4v) is 21.7. The summed E-state index contributed by atoms with van der Waals surface area (Å²) in [5, 5.41) is 0. The maximum Gasteiger partial charge on any atom is 0.158 e. The SMILES string of the molecule is C=C(C)C(=O)CC1(C)CC2CC1C1CCCC21.C=C(C)C(=O)CC1(CC)CC2CC1C1CCCC21.C=CC(=O)CC1(C)CC2CC1C1CCCC21.C=CC(=O)CC1(CC)CC2CC1C1CCCC21. The van der Waals surface area contributed by atoms with Gasteiger partial charge < -0.3 is 0 Å². The zero-order valence-electron chi connectivity index (χ0n) is 44.2. The largest absolute Gasteiger partial charge is 0.295 e. The Kier molecular flexibility index (Phi) is 14.6. The zero-order chi connectivity index (χ0) is 48.5. The van der Waals surface area contributed by atoms with Crippen molar-refractivity contribution in [3.05, 3.63) is 49.6 Å². The third-order valence-corrected chi connectivity index (χ3v) is 24.4. The molecule has 20 unspecified atom stereocenters. The third-order valence-electron chi connectivity index (χ3n) is 24.4. The molecule has 4 nitrogen and oxygen atoms in total. The van der Waals surface area contributed by atoms with Crippen LogP contribution in [0.4, 0.5) is 0 Å². The van der Waals surface area contributed by atoms with Crippen molar-refractivity contribution in [3.8, 4) is 0 Å². The van der Waals surface area contributed by atoms with Gasteiger partial charge in [0.15, 0.2) is 23.1 Å². The quantitative estimate of drug-likeness (QED) is 0.163. The number of carbonyl (C=O) groups excluding carboxylic acids is 4. The van der Waals surface area contributed by atoms with Crippen LogP contribution in [0.25, 0.3) is 0 Å². The highest BCUT2D eigenvalue weighted by atomic mass is 16.1. The number of carbonyl (C=O) groups is 4. The molecule has 376 valence electrons. The average molecular weight is 929 g/mol. The Balaban J connectivity index is 0.000000113. The molecule has 0 aromatic heterocycles. The van der Waals surface area contributed by atoms with Gasteiger partial charge in [-0.1, -0.05) is 79.7 Å². The summed E-state index contributed by atoms with van der Waals surface area (Å²) in [5.74, 6) is 16.2. The molecule has 20 atom stereocenters. The highest BCUT2D eigenvalue weighted by molar-refractivity contribution is 5.95. The van der Waals surface area contributed by atoms with Gasteiger partial charge in [0.1, 0.15) is 0 Å². The minimum atomic E-state index is 0.254. The van der Waals surface area contributed by atoms with Crippen molar-refractivity contribution in [2.75, 3.05) is 0 Å². The molecule has 12 aliphatic rings. The highest BCUT2D eigenvalue weighted by Gasteiger charge is 2.63. The summed E-state index contributed by atoms with van der Waals surface area (Å²) in [7, 11) is 0. The zero-order valence-corrected chi connectivity index (χ0v) is 44.2. The van der Waals surface area contributed by atoms with Gasteiger partial charge in [-0.2, -0.15) is 0 Å². The summed E-state index contributed by atoms with van der Waals surface area (Å²) < 4.78 is 0. The van der Waals surface area contributed by atoms with E-state index in [2.05, 4.69) is 54.0 Å². The maximum atomic E-state index is 12.1. The van der Waals surface area contributed by atoms with Gasteiger partial charge in [-0.3, -0.25) is 19.2 Å². The Morgan fingerprint density at radius 2 is 0.750 bits per heavy atom. The number of hydrogen-bond acceptors (Lipinski definition) is 4. The van der Waals surface area contributed by atoms with E-state index >= 15 is 0 Å². The predicted molar refractivity (Wildman–Crippen MR) is 278 cm³/mol. The number of Topliss-reactive ketones (excluding diaryl/α,β-unsaturated/α-hetero) is 2. The van der Waals surface area contributed by atoms with Crippen LogP contribution in [0.5, 0.6) is 0 Å². The first-order valence-electron chi connectivity index (χ1n) is 29.1. The first-order chi connectivity index (χ1) is 32.4. The Hall–Kier alpha value is -2.36. The number of rotatable bonds is 14. The van der Waals surface area contributed by atoms with Gasteiger partial charge in [-0.05, 0) is 269 Å². The van der Waals surface area contributed by atoms with Crippen molar-refractivity contribution in [3.63, 3.8) is 0 Å². The molecule has 0 N–H and O–H groups in total. The van der Waals surface area contributed by atoms with Gasteiger partial charge in [-0.15, -0.1) is 0 Å². The van der Waals surface area contributed by atoms with Crippen molar-refractivity contribution in [2.24, 2.45) is 116 Å². The molecule has 0 aromatic rings. The summed E-state index contributed by atoms with van der Waals surface area (Å²) in [6.07, 6.45) is 36.8. The molecule has 0 heterocycles. The fourth-order valence-electron chi connectivity index (χ4n) is 21.7. The predicted octanol–water partition coefficient (Wildman–Crippen LogP) is 15.9. The monoisotopic (exact) mass is 929 g/mol. The van der Waals surface area contributed by atoms with E-state index in [4.69, 9.17) is 0 Å². The molecule has 4 heteroatoms. The molecule has 12 aliphatic carbocycles. The van der Waals surface area contributed by atoms with E-state index in [-0.39, 0.29) is 11.6 Å². The molecular weight excluding hydrogens is 833 g/mol. The Labute approximate surface area is 415 Å². The van der Waals surface area contributed by atoms with Gasteiger partial charge >= 0.3 is 0 Å². The van der Waals surface area contributed by atoms with Gasteiger partial charge in [0, 0.05) is 25.7 Å². The lowest BCUT2D eigenvalue weighted by Crippen LogP contribution is -2.36. The summed E-state index contributed by atoms with van der Waals surface area (Å²) in [4.78, 5) is 47.5. The van der Waals surface area contributed by atoms with Crippen LogP contribution in [0, 0.1) is 116 Å². The fraction of sp³-hybridized carbons (Fsp3) is 0.812. The van der Waals surface area contributed by atoms with E-state index in [1.54, 1.807) is 0 Å². The normalized spacial score (nSPS) is 47.1. The molecule has 0 spiro atoms. The van der Waals surface area contributed by atoms with Crippen LogP contribution in [0.1, 0.15) is 208 Å². The molecule has 12 fully saturated rings. The molecule has 0 aliphatic heterocycles. The lowest BCUT2D eigenvalue weighted by atomic mass is 9.62. The Morgan fingerprint density at radius 1 is 0.441 bits per heavy atom. The molecule has 12 saturated carbocycles. The first kappa shape index (κ1) is 50.6. The molecule has 8 bridgehead atoms. The van der Waals surface area contributed by atoms with Crippen molar-refractivity contribution < 1.29 is 19.2 Å². The number of ketones is 4. The molecule has 68 heavy (non-hydrogen) atoms. The van der Waals surface area contributed by atoms with Gasteiger partial charge in [-0.25, -0.2) is 0 Å². The molecule has 0 radical (unpaired) electrons. The topological polar surface area (TPSA) is 68.3 Å². The standard InChI is InChI=1S/C17H26O.2C16H24O.C15H22O/c1-4-17(10-16(18)11(2)3)9-12-8-15(17)14-7-5-6-13(12)14;1-10(2)15(17)9-16(3)8-11-7-14(16)13-6-4-5-12(11)13;1-3-12(17)10-16(4-2)9-11-8-15(16)14-7-5-6-13(11)14;1-3-11(16)9-15(2)8-10-7-14(15)13-6-4-5-12(10)13/h12-15H,2,4-10H2,1,3H3;11-14H,1,4-9H2,2-3H3;3,11,13-15H,1,4-10H2,2H3;3,10,12-14H,1,4-9H2,2H3. The molecule has 0 saturated heterocycles. The van der Waals surface area contributed by atoms with E-state index < -0.39 is 0 Å². The molecule has 0 aromatic carbocycles. The molecule has 12 rings (SSSR count). The van der Waals surface area contributed by atoms with Crippen molar-refractivity contribution in [1.82, 2.24) is 0 Å². The van der Waals surface area contributed by atoms with E-state index in [9.17, 15) is 19.2 Å². The lowest BCUT2D eigenvalue weighted by Gasteiger charge is -2.42. The summed E-state index contributed by atoms with van der Waals surface area (Å²) in [6.45, 7) is 28.0. The smallest absolute Gasteiger partial charge is 0.158 e. The van der Waals surface area contributed by atoms with Gasteiger partial charge in [0.25, 0.3) is 0 Å². The van der Waals surface area contributed by atoms with Crippen LogP contribution in [-0.4, -0.2) is 23.1 Å². The highest BCUT2D eigenvalue weighted by Crippen LogP contribution is 2.70. The van der Waals surface area contributed by atoms with Crippen LogP contribution < -0.4 is 0 Å². The van der Waals surface area contributed by atoms with E-state index in [0.29, 0.717) is 33.2 Å². The van der Waals surface area contributed by atoms with E-state index in [1.165, 1.54) is 153 Å². The number of allylic oxidation sites excluding steroid dienone is 4. The second-order valence-electron chi connectivity index (χ2n) is 27.5. The van der Waals surface area contributed by atoms with Crippen molar-refractivity contribution >= 4 is 23.1 Å². The number of hydrogen-bond donors (Lipinski definition) is 0. The van der Waals surface area contributed by atoms with E-state index in [1.807, 2.05) is 13.8 Å². The van der Waals surface area contributed by atoms with Gasteiger partial charge in [0.05, 0.1) is 0 Å². The maximum absolute atomic E-state index is 12.1. The Bertz CT molecular complexity index is 1990. The second-order valence-corrected chi connectivity index (χ2v) is 27.5. The summed E-state index contributed by atoms with van der Waals surface area (Å²) >= 11 is 0. The minimum absolute atomic E-state index is 0.254. The second kappa shape index (κ2) is 19.6. The van der Waals surface area contributed by atoms with E-state index in [0.717, 1.165) is 132 Å². The lowest BCUT2D eigenvalue weighted by molar-refractivity contribution is -0.120. The van der Waals surface area contributed by atoms with Crippen LogP contribution in [-0.2, 0) is 19.2 Å². The van der Waals surface area contributed by atoms with Crippen LogP contribution >= 0.6 is 0 Å². The van der Waals surface area contributed by atoms with Crippen LogP contribution in [0.3, 0.4) is 0 Å². The van der Waals surface area contributed by atoms with Gasteiger partial charge in [0.2, 0.25) is 0 Å². The summed E-state index contributed by atoms with van der Waals surface area (Å²) in [6, 6.07) is 0. The Morgan fingerprint density at radius 3 is 1.13 bits per heavy atom.